The third-order valence-corrected chi connectivity index (χ3v) is 6.00. The number of H-pyrrole nitrogens is 1. The number of halogens is 1. The first-order valence-corrected chi connectivity index (χ1v) is 10.5. The molecule has 1 unspecified atom stereocenters. The van der Waals surface area contributed by atoms with Gasteiger partial charge in [-0.2, -0.15) is 5.26 Å². The number of allylic oxidation sites excluding steroid dienone is 1. The van der Waals surface area contributed by atoms with E-state index in [2.05, 4.69) is 33.1 Å². The Labute approximate surface area is 189 Å². The quantitative estimate of drug-likeness (QED) is 0.466. The molecule has 2 aromatic carbocycles. The van der Waals surface area contributed by atoms with Crippen molar-refractivity contribution in [2.75, 3.05) is 6.61 Å². The average molecular weight is 446 g/mol. The monoisotopic (exact) mass is 445 g/mol. The molecule has 160 valence electrons. The number of ether oxygens (including phenoxy) is 2. The van der Waals surface area contributed by atoms with E-state index in [1.54, 1.807) is 6.07 Å². The van der Waals surface area contributed by atoms with Crippen molar-refractivity contribution < 1.29 is 9.47 Å². The van der Waals surface area contributed by atoms with Gasteiger partial charge in [-0.1, -0.05) is 41.9 Å². The van der Waals surface area contributed by atoms with Gasteiger partial charge >= 0.3 is 0 Å². The molecule has 3 heterocycles. The maximum absolute atomic E-state index is 9.88. The zero-order valence-corrected chi connectivity index (χ0v) is 18.1. The van der Waals surface area contributed by atoms with Crippen molar-refractivity contribution in [2.24, 2.45) is 5.73 Å². The molecule has 7 nitrogen and oxygen atoms in total. The Morgan fingerprint density at radius 3 is 2.84 bits per heavy atom. The van der Waals surface area contributed by atoms with Crippen LogP contribution in [0.4, 0.5) is 0 Å². The lowest BCUT2D eigenvalue weighted by molar-refractivity contribution is 0.300. The summed E-state index contributed by atoms with van der Waals surface area (Å²) in [5, 5.41) is 18.7. The third-order valence-electron chi connectivity index (χ3n) is 5.69. The maximum Gasteiger partial charge on any atom is 0.244 e. The van der Waals surface area contributed by atoms with Crippen LogP contribution in [0.5, 0.6) is 11.6 Å². The molecule has 1 atom stereocenters. The number of fused-ring (bicyclic) bond motifs is 2. The SMILES string of the molecule is Cc1[nH]nc2c1C(c1cn(CCOc3ccccc3Cl)c3ccccc13)C(C#N)=C(N)O2. The Kier molecular flexibility index (Phi) is 5.00. The van der Waals surface area contributed by atoms with E-state index >= 15 is 0 Å². The van der Waals surface area contributed by atoms with Gasteiger partial charge in [-0.3, -0.25) is 5.10 Å². The molecular weight excluding hydrogens is 426 g/mol. The number of nitrogens with zero attached hydrogens (tertiary/aromatic N) is 3. The minimum Gasteiger partial charge on any atom is -0.490 e. The van der Waals surface area contributed by atoms with Crippen molar-refractivity contribution in [3.63, 3.8) is 0 Å². The van der Waals surface area contributed by atoms with Crippen LogP contribution in [0, 0.1) is 18.3 Å². The highest BCUT2D eigenvalue weighted by molar-refractivity contribution is 6.32. The molecule has 8 heteroatoms. The van der Waals surface area contributed by atoms with Crippen molar-refractivity contribution >= 4 is 22.5 Å². The van der Waals surface area contributed by atoms with Gasteiger partial charge in [0.05, 0.1) is 17.5 Å². The Bertz CT molecular complexity index is 1400. The summed E-state index contributed by atoms with van der Waals surface area (Å²) in [6.45, 7) is 2.96. The number of nitrogens with two attached hydrogens (primary N) is 1. The fourth-order valence-electron chi connectivity index (χ4n) is 4.22. The van der Waals surface area contributed by atoms with Gasteiger partial charge in [0.1, 0.15) is 24.0 Å². The van der Waals surface area contributed by atoms with E-state index in [0.717, 1.165) is 27.7 Å². The topological polar surface area (TPSA) is 102 Å². The summed E-state index contributed by atoms with van der Waals surface area (Å²) >= 11 is 6.20. The molecule has 0 aliphatic carbocycles. The van der Waals surface area contributed by atoms with Crippen LogP contribution in [0.2, 0.25) is 5.02 Å². The van der Waals surface area contributed by atoms with Gasteiger partial charge in [-0.25, -0.2) is 0 Å². The van der Waals surface area contributed by atoms with Crippen LogP contribution in [0.25, 0.3) is 10.9 Å². The van der Waals surface area contributed by atoms with Crippen LogP contribution >= 0.6 is 11.6 Å². The molecule has 0 fully saturated rings. The molecule has 2 aromatic heterocycles. The van der Waals surface area contributed by atoms with Crippen LogP contribution in [-0.2, 0) is 6.54 Å². The van der Waals surface area contributed by atoms with E-state index in [1.165, 1.54) is 0 Å². The molecule has 0 spiro atoms. The van der Waals surface area contributed by atoms with E-state index in [9.17, 15) is 5.26 Å². The van der Waals surface area contributed by atoms with Crippen molar-refractivity contribution in [1.82, 2.24) is 14.8 Å². The van der Waals surface area contributed by atoms with Crippen LogP contribution in [0.1, 0.15) is 22.7 Å². The zero-order valence-electron chi connectivity index (χ0n) is 17.3. The second-order valence-corrected chi connectivity index (χ2v) is 7.97. The number of benzene rings is 2. The number of nitriles is 1. The minimum absolute atomic E-state index is 0.0791. The first-order valence-electron chi connectivity index (χ1n) is 10.2. The van der Waals surface area contributed by atoms with Crippen LogP contribution in [0.15, 0.2) is 66.2 Å². The number of para-hydroxylation sites is 2. The van der Waals surface area contributed by atoms with Crippen LogP contribution < -0.4 is 15.2 Å². The molecule has 3 N–H and O–H groups in total. The van der Waals surface area contributed by atoms with E-state index in [1.807, 2.05) is 43.3 Å². The van der Waals surface area contributed by atoms with Crippen molar-refractivity contribution in [3.05, 3.63) is 88.0 Å². The lowest BCUT2D eigenvalue weighted by atomic mass is 9.84. The predicted molar refractivity (Wildman–Crippen MR) is 122 cm³/mol. The van der Waals surface area contributed by atoms with Crippen LogP contribution in [-0.4, -0.2) is 21.4 Å². The van der Waals surface area contributed by atoms with Gasteiger partial charge in [-0.05, 0) is 30.7 Å². The van der Waals surface area contributed by atoms with Gasteiger partial charge in [-0.15, -0.1) is 5.10 Å². The summed E-state index contributed by atoms with van der Waals surface area (Å²) in [6.07, 6.45) is 2.05. The summed E-state index contributed by atoms with van der Waals surface area (Å²) in [7, 11) is 0. The largest absolute Gasteiger partial charge is 0.490 e. The number of rotatable bonds is 5. The van der Waals surface area contributed by atoms with Gasteiger partial charge in [0.25, 0.3) is 0 Å². The normalized spacial score (nSPS) is 15.3. The molecule has 0 saturated carbocycles. The summed E-state index contributed by atoms with van der Waals surface area (Å²) in [4.78, 5) is 0. The Morgan fingerprint density at radius 1 is 1.25 bits per heavy atom. The number of nitrogens with one attached hydrogen (secondary N) is 1. The van der Waals surface area contributed by atoms with Crippen molar-refractivity contribution in [2.45, 2.75) is 19.4 Å². The van der Waals surface area contributed by atoms with E-state index in [0.29, 0.717) is 35.4 Å². The number of hydrogen-bond acceptors (Lipinski definition) is 5. The Morgan fingerprint density at radius 2 is 2.03 bits per heavy atom. The maximum atomic E-state index is 9.88. The molecule has 0 bridgehead atoms. The fraction of sp³-hybridized carbons (Fsp3) is 0.167. The smallest absolute Gasteiger partial charge is 0.244 e. The second-order valence-electron chi connectivity index (χ2n) is 7.57. The van der Waals surface area contributed by atoms with Crippen molar-refractivity contribution in [3.8, 4) is 17.7 Å². The van der Waals surface area contributed by atoms with Gasteiger partial charge < -0.3 is 19.8 Å². The molecule has 32 heavy (non-hydrogen) atoms. The highest BCUT2D eigenvalue weighted by Gasteiger charge is 2.35. The zero-order chi connectivity index (χ0) is 22.2. The highest BCUT2D eigenvalue weighted by atomic mass is 35.5. The van der Waals surface area contributed by atoms with Crippen LogP contribution in [0.3, 0.4) is 0 Å². The lowest BCUT2D eigenvalue weighted by Gasteiger charge is -2.23. The van der Waals surface area contributed by atoms with Gasteiger partial charge in [0.15, 0.2) is 0 Å². The van der Waals surface area contributed by atoms with E-state index in [-0.39, 0.29) is 11.8 Å². The minimum atomic E-state index is -0.377. The Hall–Kier alpha value is -3.89. The third kappa shape index (κ3) is 3.26. The van der Waals surface area contributed by atoms with Crippen molar-refractivity contribution in [1.29, 1.82) is 5.26 Å². The summed E-state index contributed by atoms with van der Waals surface area (Å²) in [5.74, 6) is 0.757. The summed E-state index contributed by atoms with van der Waals surface area (Å²) in [6, 6.07) is 17.7. The lowest BCUT2D eigenvalue weighted by Crippen LogP contribution is -2.21. The molecule has 1 aliphatic rings. The second kappa shape index (κ2) is 7.98. The molecule has 4 aromatic rings. The summed E-state index contributed by atoms with van der Waals surface area (Å²) in [5.41, 5.74) is 10.1. The molecular formula is C24H20ClN5O2. The van der Waals surface area contributed by atoms with E-state index in [4.69, 9.17) is 26.8 Å². The molecule has 5 rings (SSSR count). The standard InChI is InChI=1S/C24H20ClN5O2/c1-14-21-22(16(12-26)23(27)32-24(21)29-28-14)17-13-30(19-8-4-2-6-15(17)19)10-11-31-20-9-5-3-7-18(20)25/h2-9,13,22H,10-11,27H2,1H3,(H,28,29). The highest BCUT2D eigenvalue weighted by Crippen LogP contribution is 2.45. The van der Waals surface area contributed by atoms with E-state index < -0.39 is 0 Å². The first-order chi connectivity index (χ1) is 15.6. The number of aryl methyl sites for hydroxylation is 1. The average Bonchev–Trinajstić information content (AvgIpc) is 3.35. The number of aromatic nitrogens is 3. The molecule has 1 aliphatic heterocycles. The number of hydrogen-bond donors (Lipinski definition) is 2. The summed E-state index contributed by atoms with van der Waals surface area (Å²) < 4.78 is 13.6. The Balaban J connectivity index is 1.55. The molecule has 0 amide bonds. The van der Waals surface area contributed by atoms with Gasteiger partial charge in [0, 0.05) is 28.4 Å². The molecule has 0 saturated heterocycles. The fourth-order valence-corrected chi connectivity index (χ4v) is 4.41. The number of aromatic amines is 1. The van der Waals surface area contributed by atoms with Gasteiger partial charge in [0.2, 0.25) is 11.8 Å². The first kappa shape index (κ1) is 20.0. The predicted octanol–water partition coefficient (Wildman–Crippen LogP) is 4.62. The molecule has 0 radical (unpaired) electrons.